The molecule has 0 spiro atoms. The molecule has 32 heavy (non-hydrogen) atoms. The number of carbonyl (C=O) groups is 2. The van der Waals surface area contributed by atoms with Crippen molar-refractivity contribution in [3.63, 3.8) is 0 Å². The molecule has 2 amide bonds. The van der Waals surface area contributed by atoms with Crippen LogP contribution in [-0.4, -0.2) is 79.4 Å². The molecule has 0 bridgehead atoms. The number of amides is 2. The van der Waals surface area contributed by atoms with E-state index in [2.05, 4.69) is 41.5 Å². The normalized spacial score (nSPS) is 18.2. The maximum atomic E-state index is 12.9. The SMILES string of the molecule is CN1CCN(C(=O)C2CCN(C(=O)CNC(c3ccccc3)c3ccccc3)CC2)CC1. The van der Waals surface area contributed by atoms with Gasteiger partial charge < -0.3 is 14.7 Å². The van der Waals surface area contributed by atoms with Crippen molar-refractivity contribution in [3.05, 3.63) is 71.8 Å². The lowest BCUT2D eigenvalue weighted by atomic mass is 9.94. The summed E-state index contributed by atoms with van der Waals surface area (Å²) < 4.78 is 0. The average molecular weight is 435 g/mol. The van der Waals surface area contributed by atoms with Crippen LogP contribution in [0.3, 0.4) is 0 Å². The van der Waals surface area contributed by atoms with E-state index in [-0.39, 0.29) is 30.3 Å². The summed E-state index contributed by atoms with van der Waals surface area (Å²) >= 11 is 0. The molecule has 2 aromatic carbocycles. The highest BCUT2D eigenvalue weighted by Gasteiger charge is 2.31. The van der Waals surface area contributed by atoms with Crippen LogP contribution < -0.4 is 5.32 Å². The van der Waals surface area contributed by atoms with Gasteiger partial charge in [0.1, 0.15) is 0 Å². The first-order chi connectivity index (χ1) is 15.6. The predicted octanol–water partition coefficient (Wildman–Crippen LogP) is 2.38. The Kier molecular flexibility index (Phi) is 7.55. The van der Waals surface area contributed by atoms with Gasteiger partial charge in [-0.25, -0.2) is 0 Å². The van der Waals surface area contributed by atoms with Crippen molar-refractivity contribution in [2.75, 3.05) is 52.9 Å². The summed E-state index contributed by atoms with van der Waals surface area (Å²) in [6.45, 7) is 5.12. The Morgan fingerprint density at radius 1 is 0.812 bits per heavy atom. The zero-order chi connectivity index (χ0) is 22.3. The zero-order valence-corrected chi connectivity index (χ0v) is 19.0. The van der Waals surface area contributed by atoms with Gasteiger partial charge in [-0.15, -0.1) is 0 Å². The fourth-order valence-corrected chi connectivity index (χ4v) is 4.68. The molecule has 0 atom stereocenters. The van der Waals surface area contributed by atoms with Gasteiger partial charge in [0, 0.05) is 45.2 Å². The van der Waals surface area contributed by atoms with E-state index < -0.39 is 0 Å². The van der Waals surface area contributed by atoms with Crippen molar-refractivity contribution in [2.24, 2.45) is 5.92 Å². The van der Waals surface area contributed by atoms with Crippen LogP contribution in [-0.2, 0) is 9.59 Å². The Morgan fingerprint density at radius 3 is 1.88 bits per heavy atom. The summed E-state index contributed by atoms with van der Waals surface area (Å²) in [5.41, 5.74) is 2.28. The number of likely N-dealkylation sites (N-methyl/N-ethyl adjacent to an activating group) is 1. The van der Waals surface area contributed by atoms with Gasteiger partial charge in [0.2, 0.25) is 11.8 Å². The van der Waals surface area contributed by atoms with E-state index in [9.17, 15) is 9.59 Å². The van der Waals surface area contributed by atoms with Gasteiger partial charge in [0.05, 0.1) is 12.6 Å². The molecule has 170 valence electrons. The number of nitrogens with zero attached hydrogens (tertiary/aromatic N) is 3. The van der Waals surface area contributed by atoms with Gasteiger partial charge in [-0.05, 0) is 31.0 Å². The van der Waals surface area contributed by atoms with Crippen LogP contribution >= 0.6 is 0 Å². The third-order valence-corrected chi connectivity index (χ3v) is 6.74. The first kappa shape index (κ1) is 22.5. The van der Waals surface area contributed by atoms with E-state index >= 15 is 0 Å². The van der Waals surface area contributed by atoms with Crippen LogP contribution in [0.15, 0.2) is 60.7 Å². The molecule has 6 nitrogen and oxygen atoms in total. The highest BCUT2D eigenvalue weighted by molar-refractivity contribution is 5.81. The van der Waals surface area contributed by atoms with Gasteiger partial charge in [0.15, 0.2) is 0 Å². The summed E-state index contributed by atoms with van der Waals surface area (Å²) in [6.07, 6.45) is 1.52. The maximum absolute atomic E-state index is 12.9. The van der Waals surface area contributed by atoms with Crippen LogP contribution in [0, 0.1) is 5.92 Å². The molecule has 2 aromatic rings. The van der Waals surface area contributed by atoms with Crippen molar-refractivity contribution in [1.82, 2.24) is 20.0 Å². The number of likely N-dealkylation sites (tertiary alicyclic amines) is 1. The number of carbonyl (C=O) groups excluding carboxylic acids is 2. The summed E-state index contributed by atoms with van der Waals surface area (Å²) in [5, 5.41) is 3.47. The third kappa shape index (κ3) is 5.56. The molecule has 0 unspecified atom stereocenters. The number of benzene rings is 2. The molecule has 2 aliphatic heterocycles. The van der Waals surface area contributed by atoms with Crippen LogP contribution in [0.5, 0.6) is 0 Å². The summed E-state index contributed by atoms with van der Waals surface area (Å²) in [6, 6.07) is 20.4. The minimum Gasteiger partial charge on any atom is -0.342 e. The molecule has 0 radical (unpaired) electrons. The fourth-order valence-electron chi connectivity index (χ4n) is 4.68. The van der Waals surface area contributed by atoms with Crippen molar-refractivity contribution >= 4 is 11.8 Å². The highest BCUT2D eigenvalue weighted by Crippen LogP contribution is 2.23. The lowest BCUT2D eigenvalue weighted by molar-refractivity contribution is -0.141. The number of nitrogens with one attached hydrogen (secondary N) is 1. The largest absolute Gasteiger partial charge is 0.342 e. The van der Waals surface area contributed by atoms with Gasteiger partial charge >= 0.3 is 0 Å². The van der Waals surface area contributed by atoms with Crippen LogP contribution in [0.25, 0.3) is 0 Å². The minimum atomic E-state index is -0.0299. The maximum Gasteiger partial charge on any atom is 0.236 e. The summed E-state index contributed by atoms with van der Waals surface area (Å²) in [4.78, 5) is 32.0. The molecule has 2 saturated heterocycles. The third-order valence-electron chi connectivity index (χ3n) is 6.74. The van der Waals surface area contributed by atoms with Gasteiger partial charge in [-0.1, -0.05) is 60.7 Å². The topological polar surface area (TPSA) is 55.9 Å². The number of piperazine rings is 1. The summed E-state index contributed by atoms with van der Waals surface area (Å²) in [7, 11) is 2.10. The standard InChI is InChI=1S/C26H34N4O2/c1-28-16-18-30(19-17-28)26(32)23-12-14-29(15-13-23)24(31)20-27-25(21-8-4-2-5-9-21)22-10-6-3-7-11-22/h2-11,23,25,27H,12-20H2,1H3. The van der Waals surface area contributed by atoms with E-state index in [4.69, 9.17) is 0 Å². The van der Waals surface area contributed by atoms with E-state index in [1.54, 1.807) is 0 Å². The fraction of sp³-hybridized carbons (Fsp3) is 0.462. The second-order valence-corrected chi connectivity index (χ2v) is 8.92. The van der Waals surface area contributed by atoms with E-state index in [1.807, 2.05) is 46.2 Å². The number of rotatable bonds is 6. The van der Waals surface area contributed by atoms with E-state index in [1.165, 1.54) is 0 Å². The Balaban J connectivity index is 1.30. The quantitative estimate of drug-likeness (QED) is 0.759. The lowest BCUT2D eigenvalue weighted by Gasteiger charge is -2.37. The summed E-state index contributed by atoms with van der Waals surface area (Å²) in [5.74, 6) is 0.431. The predicted molar refractivity (Wildman–Crippen MR) is 126 cm³/mol. The van der Waals surface area contributed by atoms with Crippen LogP contribution in [0.2, 0.25) is 0 Å². The van der Waals surface area contributed by atoms with Crippen molar-refractivity contribution in [1.29, 1.82) is 0 Å². The Hall–Kier alpha value is -2.70. The smallest absolute Gasteiger partial charge is 0.236 e. The van der Waals surface area contributed by atoms with Crippen molar-refractivity contribution in [3.8, 4) is 0 Å². The molecular formula is C26H34N4O2. The zero-order valence-electron chi connectivity index (χ0n) is 19.0. The molecule has 1 N–H and O–H groups in total. The van der Waals surface area contributed by atoms with Gasteiger partial charge in [0.25, 0.3) is 0 Å². The second-order valence-electron chi connectivity index (χ2n) is 8.92. The Labute approximate surface area is 191 Å². The molecule has 0 aromatic heterocycles. The Morgan fingerprint density at radius 2 is 1.34 bits per heavy atom. The molecule has 2 heterocycles. The number of hydrogen-bond donors (Lipinski definition) is 1. The van der Waals surface area contributed by atoms with Gasteiger partial charge in [-0.2, -0.15) is 0 Å². The van der Waals surface area contributed by atoms with E-state index in [0.717, 1.165) is 50.1 Å². The highest BCUT2D eigenvalue weighted by atomic mass is 16.2. The molecule has 0 saturated carbocycles. The average Bonchev–Trinajstić information content (AvgIpc) is 2.85. The van der Waals surface area contributed by atoms with Crippen LogP contribution in [0.1, 0.15) is 30.0 Å². The molecule has 2 fully saturated rings. The number of hydrogen-bond acceptors (Lipinski definition) is 4. The molecule has 6 heteroatoms. The molecular weight excluding hydrogens is 400 g/mol. The molecule has 4 rings (SSSR count). The second kappa shape index (κ2) is 10.7. The Bertz CT molecular complexity index is 834. The minimum absolute atomic E-state index is 0.0299. The molecule has 0 aliphatic carbocycles. The monoisotopic (exact) mass is 434 g/mol. The van der Waals surface area contributed by atoms with Crippen molar-refractivity contribution in [2.45, 2.75) is 18.9 Å². The van der Waals surface area contributed by atoms with Crippen molar-refractivity contribution < 1.29 is 9.59 Å². The number of piperidine rings is 1. The first-order valence-corrected chi connectivity index (χ1v) is 11.7. The lowest BCUT2D eigenvalue weighted by Crippen LogP contribution is -2.51. The van der Waals surface area contributed by atoms with Gasteiger partial charge in [-0.3, -0.25) is 14.9 Å². The first-order valence-electron chi connectivity index (χ1n) is 11.7. The molecule has 2 aliphatic rings. The van der Waals surface area contributed by atoms with E-state index in [0.29, 0.717) is 13.1 Å². The van der Waals surface area contributed by atoms with Crippen LogP contribution in [0.4, 0.5) is 0 Å².